The van der Waals surface area contributed by atoms with Gasteiger partial charge in [0, 0.05) is 0 Å². The second-order valence-corrected chi connectivity index (χ2v) is 3.75. The maximum absolute atomic E-state index is 10.9. The molecule has 0 atom stereocenters. The van der Waals surface area contributed by atoms with Crippen LogP contribution in [0.15, 0.2) is 16.4 Å². The lowest BCUT2D eigenvalue weighted by atomic mass is 10.6. The number of esters is 1. The van der Waals surface area contributed by atoms with Crippen molar-refractivity contribution in [2.24, 2.45) is 10.9 Å². The van der Waals surface area contributed by atoms with E-state index in [1.165, 1.54) is 6.20 Å². The zero-order valence-corrected chi connectivity index (χ0v) is 10.3. The van der Waals surface area contributed by atoms with E-state index in [-0.39, 0.29) is 6.61 Å². The number of hydrogen-bond donors (Lipinski definition) is 3. The highest BCUT2D eigenvalue weighted by molar-refractivity contribution is 8.01. The third-order valence-electron chi connectivity index (χ3n) is 1.58. The summed E-state index contributed by atoms with van der Waals surface area (Å²) in [6, 6.07) is 0. The normalized spacial score (nSPS) is 15.3. The molecule has 0 unspecified atom stereocenters. The van der Waals surface area contributed by atoms with Gasteiger partial charge in [0.25, 0.3) is 5.84 Å². The van der Waals surface area contributed by atoms with Gasteiger partial charge in [-0.3, -0.25) is 0 Å². The van der Waals surface area contributed by atoms with Crippen LogP contribution in [0.3, 0.4) is 0 Å². The van der Waals surface area contributed by atoms with Gasteiger partial charge in [-0.15, -0.1) is 0 Å². The summed E-state index contributed by atoms with van der Waals surface area (Å²) >= 11 is 1.02. The molecule has 0 aromatic carbocycles. The summed E-state index contributed by atoms with van der Waals surface area (Å²) in [7, 11) is 0. The highest BCUT2D eigenvalue weighted by atomic mass is 32.2. The summed E-state index contributed by atoms with van der Waals surface area (Å²) in [6.07, 6.45) is 1.32. The largest absolute Gasteiger partial charge is 0.475 e. The van der Waals surface area contributed by atoms with E-state index >= 15 is 0 Å². The molecular weight excluding hydrogens is 264 g/mol. The Labute approximate surface area is 107 Å². The number of nitrogens with zero attached hydrogens (tertiary/aromatic N) is 2. The first-order chi connectivity index (χ1) is 8.54. The molecule has 1 aliphatic heterocycles. The van der Waals surface area contributed by atoms with Crippen LogP contribution in [0, 0.1) is 0 Å². The summed E-state index contributed by atoms with van der Waals surface area (Å²) in [4.78, 5) is 29.0. The number of ether oxygens (including phenoxy) is 1. The maximum Gasteiger partial charge on any atom is 0.377 e. The van der Waals surface area contributed by atoms with Crippen LogP contribution in [-0.2, 0) is 19.2 Å². The lowest BCUT2D eigenvalue weighted by Crippen LogP contribution is -2.37. The first-order valence-electron chi connectivity index (χ1n) is 4.82. The number of carboxylic acid groups (broad SMARTS) is 1. The standard InChI is InChI=1S/C8H12N4O5S/c1-2-16-6(13)4-17-10-7(8(14)15)12-3-5(9)18-11-12/h3,11H,2,4,9H2,1H3,(H,14,15). The quantitative estimate of drug-likeness (QED) is 0.198. The number of carboxylic acids is 1. The fourth-order valence-corrected chi connectivity index (χ4v) is 1.42. The maximum atomic E-state index is 10.9. The number of oxime groups is 1. The van der Waals surface area contributed by atoms with Crippen LogP contribution in [0.1, 0.15) is 6.92 Å². The fourth-order valence-electron chi connectivity index (χ4n) is 0.921. The van der Waals surface area contributed by atoms with E-state index in [0.29, 0.717) is 5.03 Å². The highest BCUT2D eigenvalue weighted by Gasteiger charge is 2.23. The van der Waals surface area contributed by atoms with Gasteiger partial charge < -0.3 is 20.4 Å². The van der Waals surface area contributed by atoms with Crippen molar-refractivity contribution >= 4 is 29.7 Å². The second kappa shape index (κ2) is 6.71. The molecule has 1 rings (SSSR count). The number of nitrogens with two attached hydrogens (primary N) is 1. The van der Waals surface area contributed by atoms with Crippen molar-refractivity contribution in [1.82, 2.24) is 9.84 Å². The van der Waals surface area contributed by atoms with Crippen molar-refractivity contribution in [3.05, 3.63) is 11.2 Å². The minimum absolute atomic E-state index is 0.210. The van der Waals surface area contributed by atoms with Crippen LogP contribution >= 0.6 is 11.9 Å². The Hall–Kier alpha value is -1.94. The lowest BCUT2D eigenvalue weighted by molar-refractivity contribution is -0.148. The summed E-state index contributed by atoms with van der Waals surface area (Å²) < 4.78 is 4.58. The van der Waals surface area contributed by atoms with Crippen LogP contribution in [0.25, 0.3) is 0 Å². The molecule has 0 amide bonds. The molecule has 0 saturated carbocycles. The van der Waals surface area contributed by atoms with Gasteiger partial charge >= 0.3 is 11.9 Å². The van der Waals surface area contributed by atoms with Crippen LogP contribution < -0.4 is 10.6 Å². The van der Waals surface area contributed by atoms with Gasteiger partial charge in [0.05, 0.1) is 12.8 Å². The Morgan fingerprint density at radius 2 is 2.39 bits per heavy atom. The molecule has 0 aromatic heterocycles. The van der Waals surface area contributed by atoms with Crippen molar-refractivity contribution < 1.29 is 24.3 Å². The molecule has 0 aliphatic carbocycles. The van der Waals surface area contributed by atoms with Gasteiger partial charge in [0.15, 0.2) is 0 Å². The SMILES string of the molecule is CCOC(=O)CON=C(C(=O)O)N1C=C(N)SN1. The number of hydrogen-bond acceptors (Lipinski definition) is 8. The molecule has 1 heterocycles. The lowest BCUT2D eigenvalue weighted by Gasteiger charge is -2.12. The molecule has 4 N–H and O–H groups in total. The van der Waals surface area contributed by atoms with Gasteiger partial charge in [-0.2, -0.15) is 4.83 Å². The molecule has 0 aromatic rings. The molecule has 9 nitrogen and oxygen atoms in total. The first-order valence-corrected chi connectivity index (χ1v) is 5.64. The number of nitrogens with one attached hydrogen (secondary N) is 1. The van der Waals surface area contributed by atoms with E-state index in [9.17, 15) is 9.59 Å². The number of aliphatic carboxylic acids is 1. The molecule has 0 spiro atoms. The number of carbonyl (C=O) groups is 2. The summed E-state index contributed by atoms with van der Waals surface area (Å²) in [5, 5.41) is 13.7. The van der Waals surface area contributed by atoms with Crippen molar-refractivity contribution in [3.8, 4) is 0 Å². The molecule has 100 valence electrons. The van der Waals surface area contributed by atoms with Crippen molar-refractivity contribution in [1.29, 1.82) is 0 Å². The summed E-state index contributed by atoms with van der Waals surface area (Å²) in [5.41, 5.74) is 5.44. The first kappa shape index (κ1) is 14.1. The van der Waals surface area contributed by atoms with Gasteiger partial charge in [0.2, 0.25) is 6.61 Å². The second-order valence-electron chi connectivity index (χ2n) is 2.89. The van der Waals surface area contributed by atoms with Crippen LogP contribution in [0.5, 0.6) is 0 Å². The number of hydrazine groups is 1. The van der Waals surface area contributed by atoms with E-state index in [1.807, 2.05) is 0 Å². The van der Waals surface area contributed by atoms with Gasteiger partial charge in [-0.25, -0.2) is 14.6 Å². The Morgan fingerprint density at radius 3 is 2.89 bits per heavy atom. The Bertz CT molecular complexity index is 397. The highest BCUT2D eigenvalue weighted by Crippen LogP contribution is 2.15. The molecule has 0 fully saturated rings. The minimum atomic E-state index is -1.34. The average molecular weight is 276 g/mol. The third kappa shape index (κ3) is 4.14. The van der Waals surface area contributed by atoms with Gasteiger partial charge in [0.1, 0.15) is 5.03 Å². The average Bonchev–Trinajstić information content (AvgIpc) is 2.71. The minimum Gasteiger partial charge on any atom is -0.475 e. The van der Waals surface area contributed by atoms with E-state index in [0.717, 1.165) is 17.0 Å². The molecule has 1 aliphatic rings. The van der Waals surface area contributed by atoms with Gasteiger partial charge in [-0.05, 0) is 18.9 Å². The number of rotatable bonds is 4. The number of carbonyl (C=O) groups excluding carboxylic acids is 1. The Morgan fingerprint density at radius 1 is 1.67 bits per heavy atom. The predicted molar refractivity (Wildman–Crippen MR) is 62.5 cm³/mol. The van der Waals surface area contributed by atoms with E-state index in [1.54, 1.807) is 6.92 Å². The zero-order chi connectivity index (χ0) is 13.5. The third-order valence-corrected chi connectivity index (χ3v) is 2.21. The topological polar surface area (TPSA) is 126 Å². The van der Waals surface area contributed by atoms with Crippen LogP contribution in [0.4, 0.5) is 0 Å². The molecule has 18 heavy (non-hydrogen) atoms. The summed E-state index contributed by atoms with van der Waals surface area (Å²) in [6.45, 7) is 1.38. The fraction of sp³-hybridized carbons (Fsp3) is 0.375. The monoisotopic (exact) mass is 276 g/mol. The Kier molecular flexibility index (Phi) is 5.27. The van der Waals surface area contributed by atoms with E-state index < -0.39 is 24.4 Å². The summed E-state index contributed by atoms with van der Waals surface area (Å²) in [5.74, 6) is -2.42. The smallest absolute Gasteiger partial charge is 0.377 e. The van der Waals surface area contributed by atoms with Crippen molar-refractivity contribution in [3.63, 3.8) is 0 Å². The molecule has 0 radical (unpaired) electrons. The van der Waals surface area contributed by atoms with Gasteiger partial charge in [-0.1, -0.05) is 5.16 Å². The van der Waals surface area contributed by atoms with Crippen molar-refractivity contribution in [2.75, 3.05) is 13.2 Å². The van der Waals surface area contributed by atoms with Crippen LogP contribution in [0.2, 0.25) is 0 Å². The molecule has 0 saturated heterocycles. The van der Waals surface area contributed by atoms with Crippen molar-refractivity contribution in [2.45, 2.75) is 6.92 Å². The molecular formula is C8H12N4O5S. The van der Waals surface area contributed by atoms with E-state index in [4.69, 9.17) is 10.8 Å². The van der Waals surface area contributed by atoms with E-state index in [2.05, 4.69) is 19.6 Å². The Balaban J connectivity index is 2.57. The van der Waals surface area contributed by atoms with Crippen LogP contribution in [-0.4, -0.2) is 41.1 Å². The zero-order valence-electron chi connectivity index (χ0n) is 9.45. The number of amidine groups is 1. The predicted octanol–water partition coefficient (Wildman–Crippen LogP) is -0.810. The molecule has 10 heteroatoms. The molecule has 0 bridgehead atoms.